The van der Waals surface area contributed by atoms with Crippen LogP contribution in [-0.2, 0) is 18.9 Å². The molecule has 0 aliphatic carbocycles. The van der Waals surface area contributed by atoms with Crippen molar-refractivity contribution in [1.82, 2.24) is 5.06 Å². The van der Waals surface area contributed by atoms with Crippen LogP contribution in [0.5, 0.6) is 0 Å². The highest BCUT2D eigenvalue weighted by Crippen LogP contribution is 2.38. The van der Waals surface area contributed by atoms with Gasteiger partial charge in [0.05, 0.1) is 7.11 Å². The van der Waals surface area contributed by atoms with E-state index >= 15 is 0 Å². The number of hydroxylamine groups is 2. The molecule has 0 fully saturated rings. The lowest BCUT2D eigenvalue weighted by Gasteiger charge is -2.40. The van der Waals surface area contributed by atoms with Gasteiger partial charge in [-0.15, -0.1) is 0 Å². The van der Waals surface area contributed by atoms with Crippen LogP contribution >= 0.6 is 0 Å². The Kier molecular flexibility index (Phi) is 8.50. The van der Waals surface area contributed by atoms with Gasteiger partial charge in [-0.1, -0.05) is 27.7 Å². The molecule has 1 amide bonds. The average molecular weight is 332 g/mol. The molecule has 0 heterocycles. The first-order valence-corrected chi connectivity index (χ1v) is 10.8. The quantitative estimate of drug-likeness (QED) is 0.369. The van der Waals surface area contributed by atoms with Gasteiger partial charge in [0.25, 0.3) is 0 Å². The highest BCUT2D eigenvalue weighted by Gasteiger charge is 2.39. The molecule has 0 radical (unpaired) electrons. The maximum absolute atomic E-state index is 12.1. The number of nitrogens with zero attached hydrogens (tertiary/aromatic N) is 1. The van der Waals surface area contributed by atoms with E-state index in [0.29, 0.717) is 19.3 Å². The zero-order valence-electron chi connectivity index (χ0n) is 15.4. The summed E-state index contributed by atoms with van der Waals surface area (Å²) < 4.78 is 6.41. The number of carbonyl (C=O) groups is 2. The van der Waals surface area contributed by atoms with E-state index < -0.39 is 8.32 Å². The Hall–Kier alpha value is -0.723. The third-order valence-corrected chi connectivity index (χ3v) is 9.03. The Morgan fingerprint density at radius 3 is 2.27 bits per heavy atom. The van der Waals surface area contributed by atoms with Crippen molar-refractivity contribution in [3.8, 4) is 0 Å². The molecule has 0 aromatic heterocycles. The Balaban J connectivity index is 4.92. The van der Waals surface area contributed by atoms with Crippen LogP contribution in [0.3, 0.4) is 0 Å². The van der Waals surface area contributed by atoms with Gasteiger partial charge in [-0.2, -0.15) is 0 Å². The highest BCUT2D eigenvalue weighted by molar-refractivity contribution is 6.74. The lowest BCUT2D eigenvalue weighted by atomic mass is 10.00. The second-order valence-electron chi connectivity index (χ2n) is 7.40. The minimum atomic E-state index is -1.93. The monoisotopic (exact) mass is 331 g/mol. The first kappa shape index (κ1) is 21.3. The third kappa shape index (κ3) is 6.58. The maximum Gasteiger partial charge on any atom is 0.248 e. The number of rotatable bonds is 9. The molecule has 0 unspecified atom stereocenters. The van der Waals surface area contributed by atoms with Crippen molar-refractivity contribution in [3.63, 3.8) is 0 Å². The second kappa shape index (κ2) is 8.79. The summed E-state index contributed by atoms with van der Waals surface area (Å²) in [4.78, 5) is 27.8. The van der Waals surface area contributed by atoms with Crippen molar-refractivity contribution >= 4 is 20.5 Å². The largest absolute Gasteiger partial charge is 0.414 e. The predicted octanol–water partition coefficient (Wildman–Crippen LogP) is 3.40. The fourth-order valence-corrected chi connectivity index (χ4v) is 3.37. The molecule has 0 aromatic carbocycles. The molecular weight excluding hydrogens is 298 g/mol. The van der Waals surface area contributed by atoms with Crippen molar-refractivity contribution in [2.75, 3.05) is 14.2 Å². The standard InChI is InChI=1S/C16H33NO4Si/c1-13(15(19)17(5)20-6)12-14(10-9-11-18)21-22(7,8)16(2,3)4/h11,13-14H,9-10,12H2,1-8H3/t13-,14-/m1/s1. The van der Waals surface area contributed by atoms with Gasteiger partial charge in [0.1, 0.15) is 6.29 Å². The lowest BCUT2D eigenvalue weighted by molar-refractivity contribution is -0.173. The Bertz CT molecular complexity index is 366. The van der Waals surface area contributed by atoms with E-state index in [4.69, 9.17) is 9.26 Å². The molecule has 0 aliphatic heterocycles. The van der Waals surface area contributed by atoms with Crippen LogP contribution in [0.1, 0.15) is 47.0 Å². The summed E-state index contributed by atoms with van der Waals surface area (Å²) >= 11 is 0. The number of aldehydes is 1. The molecule has 0 rings (SSSR count). The fraction of sp³-hybridized carbons (Fsp3) is 0.875. The summed E-state index contributed by atoms with van der Waals surface area (Å²) in [6.07, 6.45) is 2.56. The summed E-state index contributed by atoms with van der Waals surface area (Å²) in [5.41, 5.74) is 0. The van der Waals surface area contributed by atoms with Gasteiger partial charge in [0.2, 0.25) is 5.91 Å². The molecule has 0 saturated carbocycles. The van der Waals surface area contributed by atoms with Crippen LogP contribution in [0.4, 0.5) is 0 Å². The van der Waals surface area contributed by atoms with Crippen LogP contribution < -0.4 is 0 Å². The number of amides is 1. The Morgan fingerprint density at radius 1 is 1.32 bits per heavy atom. The molecular formula is C16H33NO4Si. The topological polar surface area (TPSA) is 55.8 Å². The first-order valence-electron chi connectivity index (χ1n) is 7.89. The van der Waals surface area contributed by atoms with Crippen LogP contribution in [-0.4, -0.2) is 45.8 Å². The molecule has 0 bridgehead atoms. The van der Waals surface area contributed by atoms with Crippen LogP contribution in [0, 0.1) is 5.92 Å². The minimum Gasteiger partial charge on any atom is -0.414 e. The van der Waals surface area contributed by atoms with Gasteiger partial charge in [0.15, 0.2) is 8.32 Å². The summed E-state index contributed by atoms with van der Waals surface area (Å²) in [5.74, 6) is -0.274. The molecule has 130 valence electrons. The van der Waals surface area contributed by atoms with Gasteiger partial charge in [0, 0.05) is 25.5 Å². The van der Waals surface area contributed by atoms with Crippen molar-refractivity contribution in [3.05, 3.63) is 0 Å². The van der Waals surface area contributed by atoms with E-state index in [0.717, 1.165) is 6.29 Å². The molecule has 0 spiro atoms. The number of hydrogen-bond acceptors (Lipinski definition) is 4. The van der Waals surface area contributed by atoms with Crippen LogP contribution in [0.25, 0.3) is 0 Å². The molecule has 0 aromatic rings. The molecule has 0 aliphatic rings. The van der Waals surface area contributed by atoms with E-state index in [-0.39, 0.29) is 23.0 Å². The third-order valence-electron chi connectivity index (χ3n) is 4.50. The fourth-order valence-electron chi connectivity index (χ4n) is 1.97. The molecule has 0 saturated heterocycles. The van der Waals surface area contributed by atoms with E-state index in [1.165, 1.54) is 12.2 Å². The normalized spacial score (nSPS) is 15.3. The highest BCUT2D eigenvalue weighted by atomic mass is 28.4. The summed E-state index contributed by atoms with van der Waals surface area (Å²) in [5, 5.41) is 1.34. The molecule has 0 N–H and O–H groups in total. The van der Waals surface area contributed by atoms with Gasteiger partial charge in [-0.05, 0) is 31.0 Å². The number of carbonyl (C=O) groups excluding carboxylic acids is 2. The van der Waals surface area contributed by atoms with Crippen LogP contribution in [0.2, 0.25) is 18.1 Å². The van der Waals surface area contributed by atoms with Gasteiger partial charge < -0.3 is 9.22 Å². The van der Waals surface area contributed by atoms with E-state index in [2.05, 4.69) is 33.9 Å². The number of hydrogen-bond donors (Lipinski definition) is 0. The zero-order valence-corrected chi connectivity index (χ0v) is 16.4. The van der Waals surface area contributed by atoms with E-state index in [9.17, 15) is 9.59 Å². The van der Waals surface area contributed by atoms with Crippen molar-refractivity contribution in [2.24, 2.45) is 5.92 Å². The summed E-state index contributed by atoms with van der Waals surface area (Å²) in [6, 6.07) is 0. The van der Waals surface area contributed by atoms with Crippen molar-refractivity contribution in [2.45, 2.75) is 71.2 Å². The van der Waals surface area contributed by atoms with Gasteiger partial charge in [-0.3, -0.25) is 9.63 Å². The zero-order chi connectivity index (χ0) is 17.6. The van der Waals surface area contributed by atoms with Crippen molar-refractivity contribution in [1.29, 1.82) is 0 Å². The average Bonchev–Trinajstić information content (AvgIpc) is 2.41. The SMILES string of the molecule is CON(C)C(=O)[C@H](C)C[C@@H](CCC=O)O[Si](C)(C)C(C)(C)C. The Morgan fingerprint density at radius 2 is 1.86 bits per heavy atom. The molecule has 2 atom stereocenters. The van der Waals surface area contributed by atoms with E-state index in [1.54, 1.807) is 7.05 Å². The first-order chi connectivity index (χ1) is 9.96. The second-order valence-corrected chi connectivity index (χ2v) is 12.2. The summed E-state index contributed by atoms with van der Waals surface area (Å²) in [6.45, 7) is 12.8. The van der Waals surface area contributed by atoms with Crippen LogP contribution in [0.15, 0.2) is 0 Å². The smallest absolute Gasteiger partial charge is 0.248 e. The predicted molar refractivity (Wildman–Crippen MR) is 90.9 cm³/mol. The maximum atomic E-state index is 12.1. The Labute approximate surface area is 136 Å². The lowest BCUT2D eigenvalue weighted by Crippen LogP contribution is -2.45. The van der Waals surface area contributed by atoms with Crippen molar-refractivity contribution < 1.29 is 18.9 Å². The summed E-state index contributed by atoms with van der Waals surface area (Å²) in [7, 11) is 1.15. The minimum absolute atomic E-state index is 0.0718. The van der Waals surface area contributed by atoms with Gasteiger partial charge >= 0.3 is 0 Å². The molecule has 5 nitrogen and oxygen atoms in total. The molecule has 22 heavy (non-hydrogen) atoms. The molecule has 6 heteroatoms. The van der Waals surface area contributed by atoms with Gasteiger partial charge in [-0.25, -0.2) is 5.06 Å². The van der Waals surface area contributed by atoms with E-state index in [1.807, 2.05) is 6.92 Å².